The van der Waals surface area contributed by atoms with Crippen LogP contribution in [0.3, 0.4) is 0 Å². The Hall–Kier alpha value is -1.44. The summed E-state index contributed by atoms with van der Waals surface area (Å²) >= 11 is 0. The molecule has 1 saturated heterocycles. The molecule has 1 aliphatic rings. The second kappa shape index (κ2) is 7.02. The first-order chi connectivity index (χ1) is 9.97. The molecule has 1 aromatic rings. The summed E-state index contributed by atoms with van der Waals surface area (Å²) in [5.41, 5.74) is 0.965. The average Bonchev–Trinajstić information content (AvgIpc) is 2.97. The third kappa shape index (κ3) is 4.80. The van der Waals surface area contributed by atoms with Crippen LogP contribution in [0.2, 0.25) is 0 Å². The predicted octanol–water partition coefficient (Wildman–Crippen LogP) is 0.853. The molecule has 1 aromatic carbocycles. The lowest BCUT2D eigenvalue weighted by Gasteiger charge is -2.10. The molecular formula is C14H19NO5S. The van der Waals surface area contributed by atoms with Crippen molar-refractivity contribution in [1.82, 2.24) is 4.72 Å². The number of hydrogen-bond donors (Lipinski definition) is 1. The van der Waals surface area contributed by atoms with Crippen molar-refractivity contribution in [3.8, 4) is 0 Å². The highest BCUT2D eigenvalue weighted by Gasteiger charge is 2.19. The van der Waals surface area contributed by atoms with E-state index >= 15 is 0 Å². The number of carbonyl (C=O) groups is 1. The van der Waals surface area contributed by atoms with Crippen LogP contribution in [-0.4, -0.2) is 40.8 Å². The average molecular weight is 313 g/mol. The molecule has 0 spiro atoms. The van der Waals surface area contributed by atoms with E-state index in [9.17, 15) is 13.2 Å². The van der Waals surface area contributed by atoms with Crippen LogP contribution in [0.15, 0.2) is 29.2 Å². The van der Waals surface area contributed by atoms with Crippen LogP contribution in [-0.2, 0) is 24.3 Å². The summed E-state index contributed by atoms with van der Waals surface area (Å²) in [6.07, 6.45) is 0.863. The van der Waals surface area contributed by atoms with Gasteiger partial charge in [0.1, 0.15) is 6.54 Å². The van der Waals surface area contributed by atoms with Crippen molar-refractivity contribution >= 4 is 16.0 Å². The maximum atomic E-state index is 12.0. The number of hydrogen-bond acceptors (Lipinski definition) is 5. The highest BCUT2D eigenvalue weighted by molar-refractivity contribution is 7.89. The molecule has 0 bridgehead atoms. The molecule has 6 nitrogen and oxygen atoms in total. The van der Waals surface area contributed by atoms with Crippen LogP contribution in [0.5, 0.6) is 0 Å². The van der Waals surface area contributed by atoms with E-state index in [0.29, 0.717) is 13.2 Å². The van der Waals surface area contributed by atoms with Gasteiger partial charge in [0.05, 0.1) is 18.1 Å². The molecule has 0 aliphatic carbocycles. The topological polar surface area (TPSA) is 81.7 Å². The first kappa shape index (κ1) is 15.9. The van der Waals surface area contributed by atoms with E-state index < -0.39 is 16.0 Å². The highest BCUT2D eigenvalue weighted by atomic mass is 32.2. The van der Waals surface area contributed by atoms with E-state index in [-0.39, 0.29) is 24.0 Å². The molecule has 0 radical (unpaired) electrons. The zero-order valence-corrected chi connectivity index (χ0v) is 12.7. The van der Waals surface area contributed by atoms with Gasteiger partial charge in [-0.25, -0.2) is 8.42 Å². The van der Waals surface area contributed by atoms with Gasteiger partial charge >= 0.3 is 5.97 Å². The molecule has 0 unspecified atom stereocenters. The lowest BCUT2D eigenvalue weighted by Crippen LogP contribution is -2.31. The maximum Gasteiger partial charge on any atom is 0.321 e. The smallest absolute Gasteiger partial charge is 0.321 e. The Bertz CT molecular complexity index is 576. The van der Waals surface area contributed by atoms with Crippen LogP contribution >= 0.6 is 0 Å². The summed E-state index contributed by atoms with van der Waals surface area (Å²) in [5, 5.41) is 0. The molecule has 1 aliphatic heterocycles. The standard InChI is InChI=1S/C14H19NO5S/c1-11-2-4-13(5-3-11)21(17,18)15-8-14(16)20-10-12-6-7-19-9-12/h2-5,12,15H,6-10H2,1H3/t12-/m1/s1. The first-order valence-electron chi connectivity index (χ1n) is 6.77. The molecule has 0 amide bonds. The van der Waals surface area contributed by atoms with Crippen LogP contribution < -0.4 is 4.72 Å². The summed E-state index contributed by atoms with van der Waals surface area (Å²) < 4.78 is 36.4. The second-order valence-corrected chi connectivity index (χ2v) is 6.82. The Labute approximate surface area is 124 Å². The number of ether oxygens (including phenoxy) is 2. The van der Waals surface area contributed by atoms with Crippen molar-refractivity contribution in [3.05, 3.63) is 29.8 Å². The molecule has 1 fully saturated rings. The summed E-state index contributed by atoms with van der Waals surface area (Å²) in [6.45, 7) is 3.04. The van der Waals surface area contributed by atoms with Crippen LogP contribution in [0.25, 0.3) is 0 Å². The Balaban J connectivity index is 1.80. The van der Waals surface area contributed by atoms with Gasteiger partial charge in [-0.05, 0) is 25.5 Å². The molecule has 7 heteroatoms. The molecule has 0 saturated carbocycles. The quantitative estimate of drug-likeness (QED) is 0.788. The van der Waals surface area contributed by atoms with Crippen molar-refractivity contribution < 1.29 is 22.7 Å². The van der Waals surface area contributed by atoms with Crippen molar-refractivity contribution in [2.45, 2.75) is 18.2 Å². The predicted molar refractivity (Wildman–Crippen MR) is 76.3 cm³/mol. The monoisotopic (exact) mass is 313 g/mol. The lowest BCUT2D eigenvalue weighted by atomic mass is 10.1. The third-order valence-electron chi connectivity index (χ3n) is 3.24. The highest BCUT2D eigenvalue weighted by Crippen LogP contribution is 2.12. The zero-order chi connectivity index (χ0) is 15.3. The number of esters is 1. The Kier molecular flexibility index (Phi) is 5.33. The minimum absolute atomic E-state index is 0.130. The fourth-order valence-corrected chi connectivity index (χ4v) is 2.90. The third-order valence-corrected chi connectivity index (χ3v) is 4.66. The van der Waals surface area contributed by atoms with E-state index in [1.807, 2.05) is 6.92 Å². The maximum absolute atomic E-state index is 12.0. The number of rotatable bonds is 6. The molecule has 116 valence electrons. The number of benzene rings is 1. The number of sulfonamides is 1. The Morgan fingerprint density at radius 1 is 1.38 bits per heavy atom. The van der Waals surface area contributed by atoms with Gasteiger partial charge in [-0.3, -0.25) is 4.79 Å². The van der Waals surface area contributed by atoms with Gasteiger partial charge in [0, 0.05) is 12.5 Å². The molecule has 1 atom stereocenters. The van der Waals surface area contributed by atoms with Crippen LogP contribution in [0.4, 0.5) is 0 Å². The van der Waals surface area contributed by atoms with Crippen molar-refractivity contribution in [2.24, 2.45) is 5.92 Å². The Morgan fingerprint density at radius 2 is 2.10 bits per heavy atom. The summed E-state index contributed by atoms with van der Waals surface area (Å²) in [4.78, 5) is 11.7. The van der Waals surface area contributed by atoms with Gasteiger partial charge in [-0.1, -0.05) is 17.7 Å². The lowest BCUT2D eigenvalue weighted by molar-refractivity contribution is -0.143. The van der Waals surface area contributed by atoms with E-state index in [4.69, 9.17) is 9.47 Å². The van der Waals surface area contributed by atoms with Gasteiger partial charge in [0.2, 0.25) is 10.0 Å². The van der Waals surface area contributed by atoms with Gasteiger partial charge in [-0.15, -0.1) is 0 Å². The van der Waals surface area contributed by atoms with E-state index in [0.717, 1.165) is 12.0 Å². The molecule has 1 N–H and O–H groups in total. The van der Waals surface area contributed by atoms with Crippen molar-refractivity contribution in [2.75, 3.05) is 26.4 Å². The molecule has 1 heterocycles. The molecule has 2 rings (SSSR count). The molecule has 21 heavy (non-hydrogen) atoms. The minimum Gasteiger partial charge on any atom is -0.464 e. The van der Waals surface area contributed by atoms with E-state index in [2.05, 4.69) is 4.72 Å². The van der Waals surface area contributed by atoms with Gasteiger partial charge < -0.3 is 9.47 Å². The van der Waals surface area contributed by atoms with E-state index in [1.54, 1.807) is 12.1 Å². The van der Waals surface area contributed by atoms with E-state index in [1.165, 1.54) is 12.1 Å². The molecular weight excluding hydrogens is 294 g/mol. The number of nitrogens with one attached hydrogen (secondary N) is 1. The fraction of sp³-hybridized carbons (Fsp3) is 0.500. The summed E-state index contributed by atoms with van der Waals surface area (Å²) in [5.74, 6) is -0.375. The van der Waals surface area contributed by atoms with Crippen LogP contribution in [0, 0.1) is 12.8 Å². The normalized spacial score (nSPS) is 18.6. The summed E-state index contributed by atoms with van der Waals surface area (Å²) in [6, 6.07) is 6.40. The van der Waals surface area contributed by atoms with Crippen molar-refractivity contribution in [3.63, 3.8) is 0 Å². The fourth-order valence-electron chi connectivity index (χ4n) is 1.93. The number of carbonyl (C=O) groups excluding carboxylic acids is 1. The second-order valence-electron chi connectivity index (χ2n) is 5.05. The Morgan fingerprint density at radius 3 is 2.71 bits per heavy atom. The largest absolute Gasteiger partial charge is 0.464 e. The SMILES string of the molecule is Cc1ccc(S(=O)(=O)NCC(=O)OC[C@@H]2CCOC2)cc1. The minimum atomic E-state index is -3.68. The van der Waals surface area contributed by atoms with Gasteiger partial charge in [-0.2, -0.15) is 4.72 Å². The van der Waals surface area contributed by atoms with Gasteiger partial charge in [0.25, 0.3) is 0 Å². The van der Waals surface area contributed by atoms with Crippen molar-refractivity contribution in [1.29, 1.82) is 0 Å². The zero-order valence-electron chi connectivity index (χ0n) is 11.9. The number of aryl methyl sites for hydroxylation is 1. The van der Waals surface area contributed by atoms with Gasteiger partial charge in [0.15, 0.2) is 0 Å². The molecule has 0 aromatic heterocycles. The van der Waals surface area contributed by atoms with Crippen LogP contribution in [0.1, 0.15) is 12.0 Å². The first-order valence-corrected chi connectivity index (χ1v) is 8.25. The summed E-state index contributed by atoms with van der Waals surface area (Å²) in [7, 11) is -3.68.